The van der Waals surface area contributed by atoms with Crippen LogP contribution in [-0.2, 0) is 6.54 Å². The van der Waals surface area contributed by atoms with Gasteiger partial charge in [-0.05, 0) is 55.0 Å². The van der Waals surface area contributed by atoms with Gasteiger partial charge in [0.2, 0.25) is 0 Å². The fraction of sp³-hybridized carbons (Fsp3) is 0.333. The van der Waals surface area contributed by atoms with E-state index in [-0.39, 0.29) is 0 Å². The molecule has 2 atom stereocenters. The summed E-state index contributed by atoms with van der Waals surface area (Å²) < 4.78 is 0. The first-order valence-corrected chi connectivity index (χ1v) is 10.7. The summed E-state index contributed by atoms with van der Waals surface area (Å²) in [6.07, 6.45) is -0.455. The second-order valence-electron chi connectivity index (χ2n) is 8.25. The van der Waals surface area contributed by atoms with Gasteiger partial charge in [0, 0.05) is 19.6 Å². The zero-order chi connectivity index (χ0) is 21.5. The Kier molecular flexibility index (Phi) is 7.81. The van der Waals surface area contributed by atoms with Crippen molar-refractivity contribution < 1.29 is 10.2 Å². The molecule has 0 aromatic heterocycles. The summed E-state index contributed by atoms with van der Waals surface area (Å²) >= 11 is 0. The minimum absolute atomic E-state index is 0.511. The molecule has 158 valence electrons. The lowest BCUT2D eigenvalue weighted by Gasteiger charge is -2.28. The normalized spacial score (nSPS) is 13.4. The Morgan fingerprint density at radius 3 is 1.77 bits per heavy atom. The summed E-state index contributed by atoms with van der Waals surface area (Å²) in [5.74, 6) is 0. The van der Waals surface area contributed by atoms with Crippen LogP contribution >= 0.6 is 0 Å². The summed E-state index contributed by atoms with van der Waals surface area (Å²) in [6.45, 7) is 8.41. The van der Waals surface area contributed by atoms with Gasteiger partial charge < -0.3 is 10.2 Å². The van der Waals surface area contributed by atoms with Gasteiger partial charge in [0.05, 0.1) is 12.2 Å². The van der Waals surface area contributed by atoms with E-state index in [1.54, 1.807) is 0 Å². The maximum absolute atomic E-state index is 10.8. The van der Waals surface area contributed by atoms with Crippen LogP contribution in [0.3, 0.4) is 0 Å². The number of hydrogen-bond donors (Lipinski definition) is 2. The standard InChI is InChI=1S/C27H33NO2/c1-20-16-21(2)25(22(3)17-20)18-28(19-27(30)24-12-8-5-9-13-24)15-14-26(29)23-10-6-4-7-11-23/h4-13,16-17,26-27,29-30H,14-15,18-19H2,1-3H3/t26-,27+/m0/s1. The van der Waals surface area contributed by atoms with Gasteiger partial charge in [-0.25, -0.2) is 0 Å². The van der Waals surface area contributed by atoms with Crippen molar-refractivity contribution in [2.24, 2.45) is 0 Å². The highest BCUT2D eigenvalue weighted by Crippen LogP contribution is 2.23. The van der Waals surface area contributed by atoms with Crippen molar-refractivity contribution in [2.45, 2.75) is 45.9 Å². The topological polar surface area (TPSA) is 43.7 Å². The molecule has 3 aromatic carbocycles. The number of rotatable bonds is 9. The van der Waals surface area contributed by atoms with Crippen LogP contribution in [-0.4, -0.2) is 28.2 Å². The SMILES string of the molecule is Cc1cc(C)c(CN(CC[C@H](O)c2ccccc2)C[C@@H](O)c2ccccc2)c(C)c1. The molecule has 0 aliphatic carbocycles. The van der Waals surface area contributed by atoms with Crippen LogP contribution in [0.5, 0.6) is 0 Å². The molecule has 0 spiro atoms. The van der Waals surface area contributed by atoms with E-state index in [1.165, 1.54) is 22.3 Å². The van der Waals surface area contributed by atoms with E-state index in [2.05, 4.69) is 37.8 Å². The molecule has 0 amide bonds. The van der Waals surface area contributed by atoms with Crippen LogP contribution in [0.1, 0.15) is 52.0 Å². The van der Waals surface area contributed by atoms with E-state index in [0.717, 1.165) is 17.7 Å². The summed E-state index contributed by atoms with van der Waals surface area (Å²) in [7, 11) is 0. The van der Waals surface area contributed by atoms with Crippen LogP contribution in [0.2, 0.25) is 0 Å². The Hall–Kier alpha value is -2.46. The average molecular weight is 404 g/mol. The molecule has 3 aromatic rings. The quantitative estimate of drug-likeness (QED) is 0.511. The monoisotopic (exact) mass is 403 g/mol. The van der Waals surface area contributed by atoms with Gasteiger partial charge in [-0.15, -0.1) is 0 Å². The Labute approximate surface area is 180 Å². The zero-order valence-electron chi connectivity index (χ0n) is 18.3. The Morgan fingerprint density at radius 1 is 0.733 bits per heavy atom. The number of aryl methyl sites for hydroxylation is 3. The van der Waals surface area contributed by atoms with Crippen molar-refractivity contribution >= 4 is 0 Å². The molecule has 0 bridgehead atoms. The lowest BCUT2D eigenvalue weighted by molar-refractivity contribution is 0.0896. The maximum Gasteiger partial charge on any atom is 0.0917 e. The van der Waals surface area contributed by atoms with E-state index in [0.29, 0.717) is 19.5 Å². The van der Waals surface area contributed by atoms with Crippen molar-refractivity contribution in [1.29, 1.82) is 0 Å². The molecule has 3 heteroatoms. The van der Waals surface area contributed by atoms with Gasteiger partial charge in [-0.1, -0.05) is 78.4 Å². The molecule has 0 saturated carbocycles. The van der Waals surface area contributed by atoms with Crippen molar-refractivity contribution in [3.8, 4) is 0 Å². The number of nitrogens with zero attached hydrogens (tertiary/aromatic N) is 1. The highest BCUT2D eigenvalue weighted by Gasteiger charge is 2.18. The molecule has 30 heavy (non-hydrogen) atoms. The van der Waals surface area contributed by atoms with Gasteiger partial charge >= 0.3 is 0 Å². The number of aliphatic hydroxyl groups excluding tert-OH is 2. The first kappa shape index (κ1) is 22.2. The summed E-state index contributed by atoms with van der Waals surface area (Å²) in [6, 6.07) is 24.0. The van der Waals surface area contributed by atoms with Crippen molar-refractivity contribution in [3.63, 3.8) is 0 Å². The Balaban J connectivity index is 1.76. The Bertz CT molecular complexity index is 901. The van der Waals surface area contributed by atoms with Gasteiger partial charge in [0.1, 0.15) is 0 Å². The zero-order valence-corrected chi connectivity index (χ0v) is 18.3. The predicted octanol–water partition coefficient (Wildman–Crippen LogP) is 5.27. The van der Waals surface area contributed by atoms with E-state index in [4.69, 9.17) is 0 Å². The largest absolute Gasteiger partial charge is 0.388 e. The minimum atomic E-state index is -0.564. The third-order valence-corrected chi connectivity index (χ3v) is 5.74. The van der Waals surface area contributed by atoms with E-state index in [1.807, 2.05) is 60.7 Å². The van der Waals surface area contributed by atoms with Gasteiger partial charge in [-0.2, -0.15) is 0 Å². The maximum atomic E-state index is 10.8. The molecular formula is C27H33NO2. The molecule has 3 rings (SSSR count). The molecule has 0 radical (unpaired) electrons. The second-order valence-corrected chi connectivity index (χ2v) is 8.25. The van der Waals surface area contributed by atoms with Crippen LogP contribution in [0.4, 0.5) is 0 Å². The highest BCUT2D eigenvalue weighted by atomic mass is 16.3. The van der Waals surface area contributed by atoms with Crippen molar-refractivity contribution in [1.82, 2.24) is 4.90 Å². The summed E-state index contributed by atoms with van der Waals surface area (Å²) in [4.78, 5) is 2.26. The third kappa shape index (κ3) is 6.02. The molecule has 0 aliphatic heterocycles. The van der Waals surface area contributed by atoms with Crippen LogP contribution in [0, 0.1) is 20.8 Å². The van der Waals surface area contributed by atoms with Crippen LogP contribution in [0.15, 0.2) is 72.8 Å². The fourth-order valence-electron chi connectivity index (χ4n) is 4.09. The van der Waals surface area contributed by atoms with Crippen LogP contribution < -0.4 is 0 Å². The second kappa shape index (κ2) is 10.5. The van der Waals surface area contributed by atoms with E-state index < -0.39 is 12.2 Å². The summed E-state index contributed by atoms with van der Waals surface area (Å²) in [5.41, 5.74) is 6.97. The van der Waals surface area contributed by atoms with Crippen molar-refractivity contribution in [2.75, 3.05) is 13.1 Å². The van der Waals surface area contributed by atoms with Crippen LogP contribution in [0.25, 0.3) is 0 Å². The summed E-state index contributed by atoms with van der Waals surface area (Å²) in [5, 5.41) is 21.5. The van der Waals surface area contributed by atoms with E-state index in [9.17, 15) is 10.2 Å². The van der Waals surface area contributed by atoms with Crippen molar-refractivity contribution in [3.05, 3.63) is 106 Å². The third-order valence-electron chi connectivity index (χ3n) is 5.74. The lowest BCUT2D eigenvalue weighted by atomic mass is 9.98. The molecular weight excluding hydrogens is 370 g/mol. The highest BCUT2D eigenvalue weighted by molar-refractivity contribution is 5.37. The smallest absolute Gasteiger partial charge is 0.0917 e. The predicted molar refractivity (Wildman–Crippen MR) is 123 cm³/mol. The van der Waals surface area contributed by atoms with Gasteiger partial charge in [-0.3, -0.25) is 4.90 Å². The molecule has 0 unspecified atom stereocenters. The first-order valence-electron chi connectivity index (χ1n) is 10.7. The van der Waals surface area contributed by atoms with Gasteiger partial charge in [0.15, 0.2) is 0 Å². The molecule has 0 saturated heterocycles. The fourth-order valence-corrected chi connectivity index (χ4v) is 4.09. The van der Waals surface area contributed by atoms with E-state index >= 15 is 0 Å². The average Bonchev–Trinajstić information content (AvgIpc) is 2.75. The number of hydrogen-bond acceptors (Lipinski definition) is 3. The molecule has 2 N–H and O–H groups in total. The first-order chi connectivity index (χ1) is 14.4. The number of aliphatic hydroxyl groups is 2. The minimum Gasteiger partial charge on any atom is -0.388 e. The Morgan fingerprint density at radius 2 is 1.23 bits per heavy atom. The molecule has 0 fully saturated rings. The molecule has 3 nitrogen and oxygen atoms in total. The molecule has 0 aliphatic rings. The molecule has 0 heterocycles. The number of benzene rings is 3. The van der Waals surface area contributed by atoms with Gasteiger partial charge in [0.25, 0.3) is 0 Å². The lowest BCUT2D eigenvalue weighted by Crippen LogP contribution is -2.31.